The number of amides is 1. The van der Waals surface area contributed by atoms with Crippen LogP contribution in [0.5, 0.6) is 0 Å². The van der Waals surface area contributed by atoms with E-state index in [2.05, 4.69) is 5.32 Å². The van der Waals surface area contributed by atoms with Crippen LogP contribution in [0.25, 0.3) is 10.9 Å². The van der Waals surface area contributed by atoms with Gasteiger partial charge >= 0.3 is 5.69 Å². The Kier molecular flexibility index (Phi) is 6.55. The Labute approximate surface area is 208 Å². The summed E-state index contributed by atoms with van der Waals surface area (Å²) in [5, 5.41) is 3.41. The van der Waals surface area contributed by atoms with Crippen LogP contribution in [0.15, 0.2) is 81.2 Å². The van der Waals surface area contributed by atoms with Crippen molar-refractivity contribution < 1.29 is 13.2 Å². The first kappa shape index (κ1) is 24.0. The Morgan fingerprint density at radius 1 is 0.824 bits per heavy atom. The summed E-state index contributed by atoms with van der Waals surface area (Å²) in [4.78, 5) is 38.8. The summed E-state index contributed by atoms with van der Waals surface area (Å²) < 4.78 is 27.5. The summed E-state index contributed by atoms with van der Waals surface area (Å²) in [6.45, 7) is -0.589. The number of aromatic nitrogens is 2. The Morgan fingerprint density at radius 3 is 2.00 bits per heavy atom. The quantitative estimate of drug-likeness (QED) is 0.413. The third-order valence-corrected chi connectivity index (χ3v) is 7.26. The van der Waals surface area contributed by atoms with Crippen LogP contribution >= 0.6 is 34.8 Å². The van der Waals surface area contributed by atoms with E-state index in [1.807, 2.05) is 0 Å². The van der Waals surface area contributed by atoms with Gasteiger partial charge in [-0.05, 0) is 66.7 Å². The third-order valence-electron chi connectivity index (χ3n) is 4.85. The molecule has 174 valence electrons. The molecule has 34 heavy (non-hydrogen) atoms. The molecule has 1 N–H and O–H groups in total. The predicted molar refractivity (Wildman–Crippen MR) is 132 cm³/mol. The molecule has 12 heteroatoms. The number of nitrogens with one attached hydrogen (secondary N) is 1. The van der Waals surface area contributed by atoms with Gasteiger partial charge < -0.3 is 5.32 Å². The van der Waals surface area contributed by atoms with Crippen LogP contribution in [0.2, 0.25) is 15.1 Å². The average molecular weight is 539 g/mol. The largest absolute Gasteiger partial charge is 0.346 e. The van der Waals surface area contributed by atoms with Crippen molar-refractivity contribution in [3.8, 4) is 0 Å². The normalized spacial score (nSPS) is 11.5. The first-order chi connectivity index (χ1) is 16.1. The molecule has 1 amide bonds. The van der Waals surface area contributed by atoms with Crippen LogP contribution in [0.4, 0.5) is 5.69 Å². The predicted octanol–water partition coefficient (Wildman–Crippen LogP) is 4.00. The molecule has 0 bridgehead atoms. The van der Waals surface area contributed by atoms with Crippen LogP contribution < -0.4 is 16.6 Å². The number of nitrogens with zero attached hydrogens (tertiary/aromatic N) is 2. The van der Waals surface area contributed by atoms with E-state index in [0.717, 1.165) is 4.57 Å². The maximum Gasteiger partial charge on any atom is 0.346 e. The molecule has 0 fully saturated rings. The van der Waals surface area contributed by atoms with Crippen LogP contribution in [-0.4, -0.2) is 22.9 Å². The van der Waals surface area contributed by atoms with Gasteiger partial charge in [-0.15, -0.1) is 3.97 Å². The second-order valence-corrected chi connectivity index (χ2v) is 10.2. The van der Waals surface area contributed by atoms with Crippen molar-refractivity contribution in [2.24, 2.45) is 0 Å². The zero-order chi connectivity index (χ0) is 24.6. The van der Waals surface area contributed by atoms with Crippen molar-refractivity contribution in [1.82, 2.24) is 8.54 Å². The molecule has 1 heterocycles. The molecule has 0 spiro atoms. The number of benzene rings is 3. The van der Waals surface area contributed by atoms with Crippen LogP contribution in [0, 0.1) is 0 Å². The molecule has 0 saturated heterocycles. The lowest BCUT2D eigenvalue weighted by molar-refractivity contribution is -0.116. The van der Waals surface area contributed by atoms with E-state index in [0.29, 0.717) is 10.7 Å². The summed E-state index contributed by atoms with van der Waals surface area (Å²) in [6, 6.07) is 15.2. The van der Waals surface area contributed by atoms with Crippen molar-refractivity contribution in [1.29, 1.82) is 0 Å². The van der Waals surface area contributed by atoms with Gasteiger partial charge in [-0.3, -0.25) is 14.2 Å². The monoisotopic (exact) mass is 537 g/mol. The highest BCUT2D eigenvalue weighted by atomic mass is 35.5. The molecular formula is C22H14Cl3N3O5S. The highest BCUT2D eigenvalue weighted by Crippen LogP contribution is 2.19. The molecule has 4 rings (SSSR count). The van der Waals surface area contributed by atoms with E-state index in [1.54, 1.807) is 24.3 Å². The average Bonchev–Trinajstić information content (AvgIpc) is 2.78. The lowest BCUT2D eigenvalue weighted by atomic mass is 10.2. The van der Waals surface area contributed by atoms with E-state index in [9.17, 15) is 22.8 Å². The zero-order valence-electron chi connectivity index (χ0n) is 17.0. The second kappa shape index (κ2) is 9.27. The lowest BCUT2D eigenvalue weighted by Gasteiger charge is -2.15. The maximum absolute atomic E-state index is 13.3. The molecule has 0 aliphatic heterocycles. The highest BCUT2D eigenvalue weighted by Gasteiger charge is 2.26. The Balaban J connectivity index is 1.89. The Hall–Kier alpha value is -3.11. The number of halogens is 3. The molecular weight excluding hydrogens is 525 g/mol. The molecule has 4 aromatic rings. The van der Waals surface area contributed by atoms with Gasteiger partial charge in [-0.2, -0.15) is 0 Å². The SMILES string of the molecule is O=C(Cn1c(=O)n(S(=O)(=O)c2ccc(Cl)cc2)c(=O)c2ccc(Cl)cc21)Nc1ccc(Cl)cc1. The molecule has 1 aromatic heterocycles. The number of carbonyl (C=O) groups is 1. The zero-order valence-corrected chi connectivity index (χ0v) is 20.1. The highest BCUT2D eigenvalue weighted by molar-refractivity contribution is 7.90. The number of hydrogen-bond donors (Lipinski definition) is 1. The fourth-order valence-corrected chi connectivity index (χ4v) is 5.00. The third kappa shape index (κ3) is 4.60. The van der Waals surface area contributed by atoms with Crippen molar-refractivity contribution in [3.63, 3.8) is 0 Å². The van der Waals surface area contributed by atoms with Gasteiger partial charge in [0.05, 0.1) is 15.8 Å². The molecule has 0 saturated carbocycles. The Bertz CT molecular complexity index is 1650. The molecule has 0 aliphatic carbocycles. The minimum Gasteiger partial charge on any atom is -0.325 e. The standard InChI is InChI=1S/C22H14Cl3N3O5S/c23-13-1-6-16(7-2-13)26-20(29)12-27-19-11-15(25)5-10-18(19)21(30)28(22(27)31)34(32,33)17-8-3-14(24)4-9-17/h1-11H,12H2,(H,26,29). The topological polar surface area (TPSA) is 107 Å². The number of anilines is 1. The van der Waals surface area contributed by atoms with Crippen molar-refractivity contribution in [2.75, 3.05) is 5.32 Å². The number of rotatable bonds is 5. The molecule has 8 nitrogen and oxygen atoms in total. The van der Waals surface area contributed by atoms with Crippen LogP contribution in [0.3, 0.4) is 0 Å². The van der Waals surface area contributed by atoms with Crippen molar-refractivity contribution >= 4 is 67.3 Å². The summed E-state index contributed by atoms with van der Waals surface area (Å²) in [7, 11) is -4.61. The van der Waals surface area contributed by atoms with Gasteiger partial charge in [0.2, 0.25) is 5.91 Å². The van der Waals surface area contributed by atoms with Gasteiger partial charge in [0.1, 0.15) is 6.54 Å². The molecule has 3 aromatic carbocycles. The van der Waals surface area contributed by atoms with Gasteiger partial charge in [0, 0.05) is 20.8 Å². The van der Waals surface area contributed by atoms with Gasteiger partial charge in [-0.25, -0.2) is 13.2 Å². The summed E-state index contributed by atoms with van der Waals surface area (Å²) in [5.74, 6) is -0.639. The van der Waals surface area contributed by atoms with Crippen LogP contribution in [0.1, 0.15) is 0 Å². The van der Waals surface area contributed by atoms with E-state index < -0.39 is 33.7 Å². The van der Waals surface area contributed by atoms with E-state index in [1.165, 1.54) is 42.5 Å². The first-order valence-electron chi connectivity index (χ1n) is 9.59. The van der Waals surface area contributed by atoms with Gasteiger partial charge in [0.25, 0.3) is 15.6 Å². The van der Waals surface area contributed by atoms with E-state index >= 15 is 0 Å². The van der Waals surface area contributed by atoms with Gasteiger partial charge in [-0.1, -0.05) is 34.8 Å². The first-order valence-corrected chi connectivity index (χ1v) is 12.2. The Morgan fingerprint density at radius 2 is 1.38 bits per heavy atom. The summed E-state index contributed by atoms with van der Waals surface area (Å²) in [6.07, 6.45) is 0. The smallest absolute Gasteiger partial charge is 0.325 e. The number of carbonyl (C=O) groups excluding carboxylic acids is 1. The minimum absolute atomic E-state index is 0.0105. The van der Waals surface area contributed by atoms with Crippen molar-refractivity contribution in [3.05, 3.63) is 103 Å². The fourth-order valence-electron chi connectivity index (χ4n) is 3.27. The maximum atomic E-state index is 13.3. The number of fused-ring (bicyclic) bond motifs is 1. The van der Waals surface area contributed by atoms with E-state index in [-0.39, 0.29) is 29.8 Å². The summed E-state index contributed by atoms with van der Waals surface area (Å²) >= 11 is 17.7. The van der Waals surface area contributed by atoms with Crippen LogP contribution in [-0.2, 0) is 21.4 Å². The lowest BCUT2D eigenvalue weighted by Crippen LogP contribution is -2.45. The summed E-state index contributed by atoms with van der Waals surface area (Å²) in [5.41, 5.74) is -1.87. The molecule has 0 unspecified atom stereocenters. The van der Waals surface area contributed by atoms with Gasteiger partial charge in [0.15, 0.2) is 0 Å². The second-order valence-electron chi connectivity index (χ2n) is 7.11. The number of hydrogen-bond acceptors (Lipinski definition) is 5. The molecule has 0 atom stereocenters. The minimum atomic E-state index is -4.61. The van der Waals surface area contributed by atoms with Crippen molar-refractivity contribution in [2.45, 2.75) is 11.4 Å². The van der Waals surface area contributed by atoms with E-state index in [4.69, 9.17) is 34.8 Å². The fraction of sp³-hybridized carbons (Fsp3) is 0.0455. The molecule has 0 radical (unpaired) electrons. The molecule has 0 aliphatic rings.